The third kappa shape index (κ3) is 3.02. The van der Waals surface area contributed by atoms with E-state index in [4.69, 9.17) is 4.74 Å². The highest BCUT2D eigenvalue weighted by Gasteiger charge is 2.05. The largest absolute Gasteiger partial charge is 0.488 e. The number of benzene rings is 1. The molecular formula is C12H17FO. The Labute approximate surface area is 84.9 Å². The van der Waals surface area contributed by atoms with Gasteiger partial charge in [0, 0.05) is 0 Å². The fourth-order valence-electron chi connectivity index (χ4n) is 1.34. The molecule has 0 atom stereocenters. The molecule has 0 amide bonds. The van der Waals surface area contributed by atoms with Crippen molar-refractivity contribution in [1.29, 1.82) is 0 Å². The van der Waals surface area contributed by atoms with E-state index in [2.05, 4.69) is 6.92 Å². The zero-order chi connectivity index (χ0) is 10.6. The maximum absolute atomic E-state index is 13.4. The minimum atomic E-state index is -0.260. The van der Waals surface area contributed by atoms with E-state index >= 15 is 0 Å². The van der Waals surface area contributed by atoms with Crippen LogP contribution in [0.2, 0.25) is 0 Å². The van der Waals surface area contributed by atoms with E-state index in [-0.39, 0.29) is 11.9 Å². The molecule has 1 rings (SSSR count). The first kappa shape index (κ1) is 11.0. The SMILES string of the molecule is CCCc1ccc(OC(C)C)c(F)c1. The minimum absolute atomic E-state index is 0.0153. The van der Waals surface area contributed by atoms with Crippen LogP contribution >= 0.6 is 0 Å². The lowest BCUT2D eigenvalue weighted by atomic mass is 10.1. The van der Waals surface area contributed by atoms with Gasteiger partial charge in [-0.15, -0.1) is 0 Å². The van der Waals surface area contributed by atoms with Crippen LogP contribution < -0.4 is 4.74 Å². The molecule has 1 aromatic rings. The highest BCUT2D eigenvalue weighted by Crippen LogP contribution is 2.20. The van der Waals surface area contributed by atoms with Crippen molar-refractivity contribution in [2.45, 2.75) is 39.7 Å². The molecule has 0 bridgehead atoms. The Kier molecular flexibility index (Phi) is 3.93. The Hall–Kier alpha value is -1.05. The van der Waals surface area contributed by atoms with E-state index in [1.165, 1.54) is 0 Å². The number of halogens is 1. The third-order valence-corrected chi connectivity index (χ3v) is 1.90. The first-order valence-corrected chi connectivity index (χ1v) is 5.08. The number of aryl methyl sites for hydroxylation is 1. The highest BCUT2D eigenvalue weighted by atomic mass is 19.1. The monoisotopic (exact) mass is 196 g/mol. The lowest BCUT2D eigenvalue weighted by Gasteiger charge is -2.11. The van der Waals surface area contributed by atoms with Gasteiger partial charge in [-0.1, -0.05) is 19.4 Å². The average molecular weight is 196 g/mol. The molecule has 78 valence electrons. The maximum Gasteiger partial charge on any atom is 0.165 e. The zero-order valence-electron chi connectivity index (χ0n) is 9.01. The molecule has 0 aliphatic rings. The van der Waals surface area contributed by atoms with Crippen molar-refractivity contribution in [2.75, 3.05) is 0 Å². The van der Waals surface area contributed by atoms with Crippen molar-refractivity contribution in [3.05, 3.63) is 29.6 Å². The normalized spacial score (nSPS) is 10.6. The summed E-state index contributed by atoms with van der Waals surface area (Å²) in [6, 6.07) is 5.19. The summed E-state index contributed by atoms with van der Waals surface area (Å²) in [6.07, 6.45) is 1.96. The molecule has 14 heavy (non-hydrogen) atoms. The molecule has 0 saturated carbocycles. The van der Waals surface area contributed by atoms with Crippen molar-refractivity contribution in [2.24, 2.45) is 0 Å². The molecule has 0 aliphatic heterocycles. The molecule has 0 radical (unpaired) electrons. The fourth-order valence-corrected chi connectivity index (χ4v) is 1.34. The van der Waals surface area contributed by atoms with E-state index in [9.17, 15) is 4.39 Å². The Bertz CT molecular complexity index is 294. The first-order valence-electron chi connectivity index (χ1n) is 5.08. The van der Waals surface area contributed by atoms with Crippen molar-refractivity contribution < 1.29 is 9.13 Å². The van der Waals surface area contributed by atoms with Crippen LogP contribution in [0.1, 0.15) is 32.8 Å². The molecule has 0 saturated heterocycles. The van der Waals surface area contributed by atoms with Gasteiger partial charge in [-0.2, -0.15) is 0 Å². The smallest absolute Gasteiger partial charge is 0.165 e. The Morgan fingerprint density at radius 3 is 2.57 bits per heavy atom. The molecular weight excluding hydrogens is 179 g/mol. The van der Waals surface area contributed by atoms with Gasteiger partial charge in [-0.25, -0.2) is 4.39 Å². The van der Waals surface area contributed by atoms with Crippen LogP contribution in [0.3, 0.4) is 0 Å². The molecule has 0 unspecified atom stereocenters. The second-order valence-corrected chi connectivity index (χ2v) is 3.68. The highest BCUT2D eigenvalue weighted by molar-refractivity contribution is 5.29. The van der Waals surface area contributed by atoms with Gasteiger partial charge in [0.1, 0.15) is 0 Å². The molecule has 0 spiro atoms. The van der Waals surface area contributed by atoms with E-state index in [1.54, 1.807) is 12.1 Å². The molecule has 0 aromatic heterocycles. The fraction of sp³-hybridized carbons (Fsp3) is 0.500. The topological polar surface area (TPSA) is 9.23 Å². The van der Waals surface area contributed by atoms with Gasteiger partial charge in [0.05, 0.1) is 6.10 Å². The number of ether oxygens (including phenoxy) is 1. The number of hydrogen-bond acceptors (Lipinski definition) is 1. The van der Waals surface area contributed by atoms with E-state index in [0.29, 0.717) is 5.75 Å². The number of rotatable bonds is 4. The Morgan fingerprint density at radius 1 is 1.36 bits per heavy atom. The summed E-state index contributed by atoms with van der Waals surface area (Å²) in [5, 5.41) is 0. The molecule has 2 heteroatoms. The molecule has 0 N–H and O–H groups in total. The predicted molar refractivity (Wildman–Crippen MR) is 56.2 cm³/mol. The molecule has 0 heterocycles. The van der Waals surface area contributed by atoms with E-state index < -0.39 is 0 Å². The van der Waals surface area contributed by atoms with Gasteiger partial charge < -0.3 is 4.74 Å². The van der Waals surface area contributed by atoms with Crippen LogP contribution in [0.25, 0.3) is 0 Å². The average Bonchev–Trinajstić information content (AvgIpc) is 2.10. The summed E-state index contributed by atoms with van der Waals surface area (Å²) in [5.41, 5.74) is 1.03. The van der Waals surface area contributed by atoms with Crippen molar-refractivity contribution >= 4 is 0 Å². The van der Waals surface area contributed by atoms with E-state index in [0.717, 1.165) is 18.4 Å². The Morgan fingerprint density at radius 2 is 2.07 bits per heavy atom. The van der Waals surface area contributed by atoms with Crippen LogP contribution in [0.4, 0.5) is 4.39 Å². The third-order valence-electron chi connectivity index (χ3n) is 1.90. The van der Waals surface area contributed by atoms with Gasteiger partial charge in [0.2, 0.25) is 0 Å². The van der Waals surface area contributed by atoms with Crippen molar-refractivity contribution in [3.63, 3.8) is 0 Å². The summed E-state index contributed by atoms with van der Waals surface area (Å²) >= 11 is 0. The van der Waals surface area contributed by atoms with Crippen molar-refractivity contribution in [1.82, 2.24) is 0 Å². The van der Waals surface area contributed by atoms with Crippen LogP contribution in [0, 0.1) is 5.82 Å². The molecule has 0 fully saturated rings. The summed E-state index contributed by atoms with van der Waals surface area (Å²) in [7, 11) is 0. The molecule has 0 aliphatic carbocycles. The van der Waals surface area contributed by atoms with Gasteiger partial charge >= 0.3 is 0 Å². The quantitative estimate of drug-likeness (QED) is 0.715. The molecule has 1 nitrogen and oxygen atoms in total. The lowest BCUT2D eigenvalue weighted by Crippen LogP contribution is -2.07. The number of hydrogen-bond donors (Lipinski definition) is 0. The predicted octanol–water partition coefficient (Wildman–Crippen LogP) is 3.57. The van der Waals surface area contributed by atoms with Crippen molar-refractivity contribution in [3.8, 4) is 5.75 Å². The zero-order valence-corrected chi connectivity index (χ0v) is 9.01. The second-order valence-electron chi connectivity index (χ2n) is 3.68. The summed E-state index contributed by atoms with van der Waals surface area (Å²) in [5.74, 6) is 0.0875. The summed E-state index contributed by atoms with van der Waals surface area (Å²) in [6.45, 7) is 5.86. The minimum Gasteiger partial charge on any atom is -0.488 e. The first-order chi connectivity index (χ1) is 6.63. The van der Waals surface area contributed by atoms with Gasteiger partial charge in [0.15, 0.2) is 11.6 Å². The lowest BCUT2D eigenvalue weighted by molar-refractivity contribution is 0.231. The van der Waals surface area contributed by atoms with Crippen LogP contribution in [-0.4, -0.2) is 6.10 Å². The Balaban J connectivity index is 2.79. The van der Waals surface area contributed by atoms with Crippen LogP contribution in [0.5, 0.6) is 5.75 Å². The van der Waals surface area contributed by atoms with Gasteiger partial charge in [0.25, 0.3) is 0 Å². The summed E-state index contributed by atoms with van der Waals surface area (Å²) in [4.78, 5) is 0. The van der Waals surface area contributed by atoms with Crippen LogP contribution in [0.15, 0.2) is 18.2 Å². The maximum atomic E-state index is 13.4. The standard InChI is InChI=1S/C12H17FO/c1-4-5-10-6-7-12(11(13)8-10)14-9(2)3/h6-9H,4-5H2,1-3H3. The van der Waals surface area contributed by atoms with Crippen LogP contribution in [-0.2, 0) is 6.42 Å². The summed E-state index contributed by atoms with van der Waals surface area (Å²) < 4.78 is 18.7. The van der Waals surface area contributed by atoms with E-state index in [1.807, 2.05) is 19.9 Å². The van der Waals surface area contributed by atoms with Gasteiger partial charge in [-0.3, -0.25) is 0 Å². The molecule has 1 aromatic carbocycles. The second kappa shape index (κ2) is 4.99. The van der Waals surface area contributed by atoms with Gasteiger partial charge in [-0.05, 0) is 38.0 Å².